The van der Waals surface area contributed by atoms with E-state index < -0.39 is 5.60 Å². The SMILES string of the molecule is CC(C)(C)OC(=O)N1CCC(OC(=O)C2CCCCC2)CC1. The molecule has 1 saturated heterocycles. The van der Waals surface area contributed by atoms with E-state index in [0.29, 0.717) is 25.9 Å². The van der Waals surface area contributed by atoms with E-state index in [1.54, 1.807) is 4.90 Å². The Hall–Kier alpha value is -1.26. The molecular weight excluding hydrogens is 282 g/mol. The number of carbonyl (C=O) groups excluding carboxylic acids is 2. The van der Waals surface area contributed by atoms with Crippen LogP contribution in [0.5, 0.6) is 0 Å². The fraction of sp³-hybridized carbons (Fsp3) is 0.882. The maximum atomic E-state index is 12.1. The second-order valence-corrected chi connectivity index (χ2v) is 7.44. The van der Waals surface area contributed by atoms with Crippen LogP contribution in [0.2, 0.25) is 0 Å². The van der Waals surface area contributed by atoms with Gasteiger partial charge in [0.15, 0.2) is 0 Å². The molecule has 0 bridgehead atoms. The zero-order chi connectivity index (χ0) is 16.2. The number of esters is 1. The number of hydrogen-bond acceptors (Lipinski definition) is 4. The molecular formula is C17H29NO4. The Labute approximate surface area is 133 Å². The van der Waals surface area contributed by atoms with E-state index in [2.05, 4.69) is 0 Å². The van der Waals surface area contributed by atoms with Gasteiger partial charge in [0.1, 0.15) is 11.7 Å². The average molecular weight is 311 g/mol. The van der Waals surface area contributed by atoms with Gasteiger partial charge < -0.3 is 14.4 Å². The fourth-order valence-electron chi connectivity index (χ4n) is 3.08. The molecule has 0 aromatic carbocycles. The summed E-state index contributed by atoms with van der Waals surface area (Å²) in [6.45, 7) is 6.78. The van der Waals surface area contributed by atoms with Crippen LogP contribution in [0.25, 0.3) is 0 Å². The van der Waals surface area contributed by atoms with Gasteiger partial charge in [-0.2, -0.15) is 0 Å². The highest BCUT2D eigenvalue weighted by molar-refractivity contribution is 5.72. The van der Waals surface area contributed by atoms with Crippen LogP contribution in [0, 0.1) is 5.92 Å². The van der Waals surface area contributed by atoms with Crippen molar-refractivity contribution < 1.29 is 19.1 Å². The molecule has 22 heavy (non-hydrogen) atoms. The highest BCUT2D eigenvalue weighted by Crippen LogP contribution is 2.26. The van der Waals surface area contributed by atoms with Gasteiger partial charge in [-0.25, -0.2) is 4.79 Å². The van der Waals surface area contributed by atoms with Crippen LogP contribution in [0.3, 0.4) is 0 Å². The molecule has 0 N–H and O–H groups in total. The smallest absolute Gasteiger partial charge is 0.410 e. The van der Waals surface area contributed by atoms with E-state index in [1.165, 1.54) is 6.42 Å². The number of amides is 1. The molecule has 126 valence electrons. The zero-order valence-electron chi connectivity index (χ0n) is 14.1. The van der Waals surface area contributed by atoms with Gasteiger partial charge in [-0.3, -0.25) is 4.79 Å². The maximum Gasteiger partial charge on any atom is 0.410 e. The van der Waals surface area contributed by atoms with E-state index in [9.17, 15) is 9.59 Å². The van der Waals surface area contributed by atoms with Crippen molar-refractivity contribution in [2.45, 2.75) is 77.4 Å². The molecule has 2 fully saturated rings. The van der Waals surface area contributed by atoms with E-state index >= 15 is 0 Å². The molecule has 2 rings (SSSR count). The van der Waals surface area contributed by atoms with Crippen molar-refractivity contribution in [3.63, 3.8) is 0 Å². The molecule has 5 heteroatoms. The summed E-state index contributed by atoms with van der Waals surface area (Å²) in [5.41, 5.74) is -0.471. The summed E-state index contributed by atoms with van der Waals surface area (Å²) >= 11 is 0. The predicted octanol–water partition coefficient (Wildman–Crippen LogP) is 3.51. The zero-order valence-corrected chi connectivity index (χ0v) is 14.1. The molecule has 5 nitrogen and oxygen atoms in total. The van der Waals surface area contributed by atoms with E-state index in [0.717, 1.165) is 25.7 Å². The number of ether oxygens (including phenoxy) is 2. The summed E-state index contributed by atoms with van der Waals surface area (Å²) in [7, 11) is 0. The topological polar surface area (TPSA) is 55.8 Å². The van der Waals surface area contributed by atoms with Gasteiger partial charge >= 0.3 is 12.1 Å². The second kappa shape index (κ2) is 7.34. The van der Waals surface area contributed by atoms with Crippen molar-refractivity contribution in [1.29, 1.82) is 0 Å². The molecule has 0 atom stereocenters. The lowest BCUT2D eigenvalue weighted by Gasteiger charge is -2.33. The summed E-state index contributed by atoms with van der Waals surface area (Å²) in [6.07, 6.45) is 6.53. The maximum absolute atomic E-state index is 12.1. The Kier molecular flexibility index (Phi) is 5.70. The Morgan fingerprint density at radius 1 is 0.955 bits per heavy atom. The van der Waals surface area contributed by atoms with Gasteiger partial charge in [0.05, 0.1) is 5.92 Å². The van der Waals surface area contributed by atoms with Crippen LogP contribution in [0.1, 0.15) is 65.7 Å². The lowest BCUT2D eigenvalue weighted by Crippen LogP contribution is -2.44. The normalized spacial score (nSPS) is 21.5. The first-order valence-electron chi connectivity index (χ1n) is 8.53. The quantitative estimate of drug-likeness (QED) is 0.732. The monoisotopic (exact) mass is 311 g/mol. The van der Waals surface area contributed by atoms with E-state index in [4.69, 9.17) is 9.47 Å². The molecule has 1 amide bonds. The summed E-state index contributed by atoms with van der Waals surface area (Å²) in [4.78, 5) is 25.8. The van der Waals surface area contributed by atoms with Crippen LogP contribution in [-0.4, -0.2) is 41.8 Å². The Morgan fingerprint density at radius 2 is 1.55 bits per heavy atom. The Bertz CT molecular complexity index is 388. The summed E-state index contributed by atoms with van der Waals surface area (Å²) in [5, 5.41) is 0. The molecule has 1 aliphatic carbocycles. The summed E-state index contributed by atoms with van der Waals surface area (Å²) < 4.78 is 11.0. The lowest BCUT2D eigenvalue weighted by molar-refractivity contribution is -0.157. The number of piperidine rings is 1. The molecule has 0 unspecified atom stereocenters. The highest BCUT2D eigenvalue weighted by atomic mass is 16.6. The molecule has 0 aromatic heterocycles. The first kappa shape index (κ1) is 17.1. The molecule has 2 aliphatic rings. The standard InChI is InChI=1S/C17H29NO4/c1-17(2,3)22-16(20)18-11-9-14(10-12-18)21-15(19)13-7-5-4-6-8-13/h13-14H,4-12H2,1-3H3. The van der Waals surface area contributed by atoms with Crippen LogP contribution < -0.4 is 0 Å². The summed E-state index contributed by atoms with van der Waals surface area (Å²) in [6, 6.07) is 0. The van der Waals surface area contributed by atoms with Gasteiger partial charge in [0.2, 0.25) is 0 Å². The molecule has 1 saturated carbocycles. The van der Waals surface area contributed by atoms with Gasteiger partial charge in [-0.05, 0) is 33.6 Å². The van der Waals surface area contributed by atoms with Crippen LogP contribution in [-0.2, 0) is 14.3 Å². The molecule has 0 spiro atoms. The van der Waals surface area contributed by atoms with Crippen LogP contribution in [0.15, 0.2) is 0 Å². The minimum Gasteiger partial charge on any atom is -0.462 e. The van der Waals surface area contributed by atoms with Gasteiger partial charge in [-0.15, -0.1) is 0 Å². The van der Waals surface area contributed by atoms with Gasteiger partial charge in [-0.1, -0.05) is 19.3 Å². The predicted molar refractivity (Wildman–Crippen MR) is 83.5 cm³/mol. The van der Waals surface area contributed by atoms with Crippen molar-refractivity contribution in [3.8, 4) is 0 Å². The average Bonchev–Trinajstić information content (AvgIpc) is 2.47. The van der Waals surface area contributed by atoms with Crippen LogP contribution in [0.4, 0.5) is 4.79 Å². The Morgan fingerprint density at radius 3 is 2.09 bits per heavy atom. The van der Waals surface area contributed by atoms with E-state index in [-0.39, 0.29) is 24.1 Å². The minimum atomic E-state index is -0.471. The van der Waals surface area contributed by atoms with Gasteiger partial charge in [0.25, 0.3) is 0 Å². The molecule has 1 heterocycles. The third-order valence-corrected chi connectivity index (χ3v) is 4.32. The van der Waals surface area contributed by atoms with Gasteiger partial charge in [0, 0.05) is 25.9 Å². The van der Waals surface area contributed by atoms with Crippen molar-refractivity contribution in [3.05, 3.63) is 0 Å². The highest BCUT2D eigenvalue weighted by Gasteiger charge is 2.30. The Balaban J connectivity index is 1.72. The number of nitrogens with zero attached hydrogens (tertiary/aromatic N) is 1. The molecule has 0 aromatic rings. The third kappa shape index (κ3) is 5.18. The first-order chi connectivity index (χ1) is 10.3. The molecule has 0 radical (unpaired) electrons. The van der Waals surface area contributed by atoms with Crippen molar-refractivity contribution in [2.75, 3.05) is 13.1 Å². The minimum absolute atomic E-state index is 0.0320. The fourth-order valence-corrected chi connectivity index (χ4v) is 3.08. The van der Waals surface area contributed by atoms with Crippen molar-refractivity contribution >= 4 is 12.1 Å². The summed E-state index contributed by atoms with van der Waals surface area (Å²) in [5.74, 6) is 0.0630. The number of hydrogen-bond donors (Lipinski definition) is 0. The number of likely N-dealkylation sites (tertiary alicyclic amines) is 1. The van der Waals surface area contributed by atoms with E-state index in [1.807, 2.05) is 20.8 Å². The lowest BCUT2D eigenvalue weighted by atomic mass is 9.89. The second-order valence-electron chi connectivity index (χ2n) is 7.44. The first-order valence-corrected chi connectivity index (χ1v) is 8.53. The van der Waals surface area contributed by atoms with Crippen molar-refractivity contribution in [2.24, 2.45) is 5.92 Å². The number of carbonyl (C=O) groups is 2. The largest absolute Gasteiger partial charge is 0.462 e. The number of rotatable bonds is 2. The van der Waals surface area contributed by atoms with Crippen molar-refractivity contribution in [1.82, 2.24) is 4.90 Å². The third-order valence-electron chi connectivity index (χ3n) is 4.32. The van der Waals surface area contributed by atoms with Crippen LogP contribution >= 0.6 is 0 Å². The molecule has 1 aliphatic heterocycles.